The van der Waals surface area contributed by atoms with E-state index < -0.39 is 5.91 Å². The Morgan fingerprint density at radius 2 is 1.62 bits per heavy atom. The summed E-state index contributed by atoms with van der Waals surface area (Å²) in [5.74, 6) is -0.499. The zero-order valence-corrected chi connectivity index (χ0v) is 14.6. The van der Waals surface area contributed by atoms with Gasteiger partial charge in [-0.1, -0.05) is 11.6 Å². The maximum absolute atomic E-state index is 12.5. The number of nitrogens with zero attached hydrogens (tertiary/aromatic N) is 2. The van der Waals surface area contributed by atoms with Crippen LogP contribution in [0.5, 0.6) is 0 Å². The van der Waals surface area contributed by atoms with Crippen LogP contribution in [0, 0.1) is 0 Å². The third-order valence-electron chi connectivity index (χ3n) is 4.08. The van der Waals surface area contributed by atoms with Crippen LogP contribution in [0.15, 0.2) is 36.4 Å². The molecule has 5 nitrogen and oxygen atoms in total. The molecule has 7 heteroatoms. The number of hydrogen-bond acceptors (Lipinski definition) is 4. The van der Waals surface area contributed by atoms with Gasteiger partial charge in [0.2, 0.25) is 5.91 Å². The maximum atomic E-state index is 12.5. The Morgan fingerprint density at radius 3 is 2.17 bits per heavy atom. The number of nitrogens with two attached hydrogens (primary N) is 1. The van der Waals surface area contributed by atoms with Gasteiger partial charge in [0.25, 0.3) is 5.91 Å². The molecular weight excluding hydrogens is 346 g/mol. The molecule has 0 atom stereocenters. The van der Waals surface area contributed by atoms with Crippen molar-refractivity contribution in [2.75, 3.05) is 26.2 Å². The summed E-state index contributed by atoms with van der Waals surface area (Å²) >= 11 is 7.55. The van der Waals surface area contributed by atoms with Crippen LogP contribution in [-0.4, -0.2) is 47.8 Å². The van der Waals surface area contributed by atoms with Crippen LogP contribution in [0.4, 0.5) is 0 Å². The first-order valence-corrected chi connectivity index (χ1v) is 8.88. The minimum Gasteiger partial charge on any atom is -0.366 e. The molecule has 2 amide bonds. The minimum atomic E-state index is -0.490. The molecule has 2 heterocycles. The summed E-state index contributed by atoms with van der Waals surface area (Å²) in [6.07, 6.45) is 0. The number of rotatable bonds is 4. The van der Waals surface area contributed by atoms with E-state index in [9.17, 15) is 9.59 Å². The first-order valence-electron chi connectivity index (χ1n) is 7.68. The average Bonchev–Trinajstić information content (AvgIpc) is 3.00. The van der Waals surface area contributed by atoms with Gasteiger partial charge in [0.1, 0.15) is 0 Å². The van der Waals surface area contributed by atoms with Crippen LogP contribution in [0.3, 0.4) is 0 Å². The van der Waals surface area contributed by atoms with Gasteiger partial charge >= 0.3 is 0 Å². The number of amides is 2. The van der Waals surface area contributed by atoms with E-state index in [1.807, 2.05) is 17.0 Å². The summed E-state index contributed by atoms with van der Waals surface area (Å²) in [5.41, 5.74) is 6.21. The number of benzene rings is 1. The van der Waals surface area contributed by atoms with Gasteiger partial charge in [-0.15, -0.1) is 11.3 Å². The van der Waals surface area contributed by atoms with Gasteiger partial charge in [-0.05, 0) is 36.4 Å². The molecule has 0 saturated carbocycles. The topological polar surface area (TPSA) is 66.6 Å². The highest BCUT2D eigenvalue weighted by molar-refractivity contribution is 7.16. The highest BCUT2D eigenvalue weighted by atomic mass is 35.5. The molecule has 24 heavy (non-hydrogen) atoms. The Kier molecular flexibility index (Phi) is 5.18. The van der Waals surface area contributed by atoms with Gasteiger partial charge in [0, 0.05) is 48.7 Å². The second-order valence-electron chi connectivity index (χ2n) is 5.72. The molecule has 126 valence electrons. The second-order valence-corrected chi connectivity index (χ2v) is 7.52. The van der Waals surface area contributed by atoms with E-state index in [1.165, 1.54) is 4.88 Å². The van der Waals surface area contributed by atoms with Gasteiger partial charge in [0.05, 0.1) is 4.34 Å². The predicted octanol–water partition coefficient (Wildman–Crippen LogP) is 2.46. The maximum Gasteiger partial charge on any atom is 0.253 e. The Bertz CT molecular complexity index is 737. The molecule has 0 spiro atoms. The van der Waals surface area contributed by atoms with Crippen molar-refractivity contribution < 1.29 is 9.59 Å². The molecule has 1 fully saturated rings. The van der Waals surface area contributed by atoms with Crippen molar-refractivity contribution in [3.05, 3.63) is 56.7 Å². The number of primary amides is 1. The van der Waals surface area contributed by atoms with Crippen molar-refractivity contribution in [3.63, 3.8) is 0 Å². The quantitative estimate of drug-likeness (QED) is 0.907. The van der Waals surface area contributed by atoms with Crippen molar-refractivity contribution in [2.45, 2.75) is 6.54 Å². The SMILES string of the molecule is NC(=O)c1ccc(C(=O)N2CCN(Cc3ccc(Cl)s3)CC2)cc1. The number of thiophene rings is 1. The van der Waals surface area contributed by atoms with Crippen LogP contribution in [-0.2, 0) is 6.54 Å². The fraction of sp³-hybridized carbons (Fsp3) is 0.294. The zero-order chi connectivity index (χ0) is 17.1. The van der Waals surface area contributed by atoms with Gasteiger partial charge in [-0.2, -0.15) is 0 Å². The Balaban J connectivity index is 1.55. The largest absolute Gasteiger partial charge is 0.366 e. The van der Waals surface area contributed by atoms with Gasteiger partial charge in [-0.3, -0.25) is 14.5 Å². The van der Waals surface area contributed by atoms with E-state index in [2.05, 4.69) is 4.90 Å². The molecule has 0 aliphatic carbocycles. The minimum absolute atomic E-state index is 0.00941. The van der Waals surface area contributed by atoms with Crippen LogP contribution in [0.2, 0.25) is 4.34 Å². The van der Waals surface area contributed by atoms with E-state index in [0.29, 0.717) is 24.2 Å². The smallest absolute Gasteiger partial charge is 0.253 e. The number of hydrogen-bond donors (Lipinski definition) is 1. The Hall–Kier alpha value is -1.89. The van der Waals surface area contributed by atoms with Crippen LogP contribution >= 0.6 is 22.9 Å². The normalized spacial score (nSPS) is 15.5. The van der Waals surface area contributed by atoms with Crippen LogP contribution in [0.1, 0.15) is 25.6 Å². The summed E-state index contributed by atoms with van der Waals surface area (Å²) in [6.45, 7) is 3.92. The lowest BCUT2D eigenvalue weighted by Crippen LogP contribution is -2.48. The summed E-state index contributed by atoms with van der Waals surface area (Å²) in [6, 6.07) is 10.4. The van der Waals surface area contributed by atoms with Crippen molar-refractivity contribution in [1.82, 2.24) is 9.80 Å². The number of carbonyl (C=O) groups is 2. The molecule has 3 rings (SSSR count). The van der Waals surface area contributed by atoms with E-state index in [0.717, 1.165) is 24.0 Å². The van der Waals surface area contributed by atoms with E-state index >= 15 is 0 Å². The van der Waals surface area contributed by atoms with Crippen molar-refractivity contribution in [3.8, 4) is 0 Å². The molecule has 0 radical (unpaired) electrons. The number of piperazine rings is 1. The van der Waals surface area contributed by atoms with Gasteiger partial charge < -0.3 is 10.6 Å². The lowest BCUT2D eigenvalue weighted by Gasteiger charge is -2.34. The van der Waals surface area contributed by atoms with E-state index in [-0.39, 0.29) is 5.91 Å². The number of carbonyl (C=O) groups excluding carboxylic acids is 2. The molecule has 1 aliphatic rings. The standard InChI is InChI=1S/C17H18ClN3O2S/c18-15-6-5-14(24-15)11-20-7-9-21(10-8-20)17(23)13-3-1-12(2-4-13)16(19)22/h1-6H,7-11H2,(H2,19,22). The summed E-state index contributed by atoms with van der Waals surface area (Å²) < 4.78 is 0.804. The second kappa shape index (κ2) is 7.34. The molecule has 1 saturated heterocycles. The lowest BCUT2D eigenvalue weighted by molar-refractivity contribution is 0.0629. The number of halogens is 1. The molecule has 2 aromatic rings. The monoisotopic (exact) mass is 363 g/mol. The Labute approximate surface area is 149 Å². The fourth-order valence-corrected chi connectivity index (χ4v) is 3.86. The molecule has 1 aliphatic heterocycles. The summed E-state index contributed by atoms with van der Waals surface area (Å²) in [4.78, 5) is 29.0. The molecule has 1 aromatic heterocycles. The first-order chi connectivity index (χ1) is 11.5. The van der Waals surface area contributed by atoms with E-state index in [1.54, 1.807) is 35.6 Å². The summed E-state index contributed by atoms with van der Waals surface area (Å²) in [5, 5.41) is 0. The first kappa shape index (κ1) is 17.0. The van der Waals surface area contributed by atoms with Crippen molar-refractivity contribution in [1.29, 1.82) is 0 Å². The molecule has 2 N–H and O–H groups in total. The van der Waals surface area contributed by atoms with Crippen LogP contribution in [0.25, 0.3) is 0 Å². The molecule has 1 aromatic carbocycles. The van der Waals surface area contributed by atoms with Gasteiger partial charge in [-0.25, -0.2) is 0 Å². The zero-order valence-electron chi connectivity index (χ0n) is 13.1. The summed E-state index contributed by atoms with van der Waals surface area (Å²) in [7, 11) is 0. The predicted molar refractivity (Wildman–Crippen MR) is 95.5 cm³/mol. The van der Waals surface area contributed by atoms with Gasteiger partial charge in [0.15, 0.2) is 0 Å². The fourth-order valence-electron chi connectivity index (χ4n) is 2.73. The Morgan fingerprint density at radius 1 is 1.00 bits per heavy atom. The molecule has 0 bridgehead atoms. The molecular formula is C17H18ClN3O2S. The highest BCUT2D eigenvalue weighted by Gasteiger charge is 2.22. The highest BCUT2D eigenvalue weighted by Crippen LogP contribution is 2.23. The third-order valence-corrected chi connectivity index (χ3v) is 5.30. The lowest BCUT2D eigenvalue weighted by atomic mass is 10.1. The van der Waals surface area contributed by atoms with Crippen molar-refractivity contribution in [2.24, 2.45) is 5.73 Å². The van der Waals surface area contributed by atoms with Crippen LogP contribution < -0.4 is 5.73 Å². The third kappa shape index (κ3) is 3.95. The average molecular weight is 364 g/mol. The molecule has 0 unspecified atom stereocenters. The van der Waals surface area contributed by atoms with E-state index in [4.69, 9.17) is 17.3 Å². The van der Waals surface area contributed by atoms with Crippen molar-refractivity contribution >= 4 is 34.8 Å².